The van der Waals surface area contributed by atoms with Gasteiger partial charge in [0.15, 0.2) is 5.78 Å². The summed E-state index contributed by atoms with van der Waals surface area (Å²) in [6.45, 7) is 16.6. The lowest BCUT2D eigenvalue weighted by Crippen LogP contribution is -2.51. The molecule has 64 heavy (non-hydrogen) atoms. The van der Waals surface area contributed by atoms with Crippen LogP contribution in [0.5, 0.6) is 0 Å². The van der Waals surface area contributed by atoms with Gasteiger partial charge in [-0.05, 0) is 99.7 Å². The number of imidazole rings is 1. The van der Waals surface area contributed by atoms with Gasteiger partial charge in [-0.3, -0.25) is 14.4 Å². The van der Waals surface area contributed by atoms with E-state index < -0.39 is 28.1 Å². The summed E-state index contributed by atoms with van der Waals surface area (Å²) >= 11 is 0. The first-order valence-electron chi connectivity index (χ1n) is 22.4. The summed E-state index contributed by atoms with van der Waals surface area (Å²) in [5, 5.41) is 27.5. The molecule has 17 heteroatoms. The van der Waals surface area contributed by atoms with E-state index in [1.165, 1.54) is 17.0 Å². The molecule has 7 rings (SSSR count). The van der Waals surface area contributed by atoms with Crippen molar-refractivity contribution in [1.29, 1.82) is 5.26 Å². The molecule has 4 heterocycles. The largest absolute Gasteiger partial charge is 0.444 e. The highest BCUT2D eigenvalue weighted by molar-refractivity contribution is 6.20. The molecule has 4 aromatic rings. The van der Waals surface area contributed by atoms with E-state index in [1.807, 2.05) is 24.1 Å². The molecule has 3 amide bonds. The number of aryl methyl sites for hydroxylation is 3. The number of rotatable bonds is 14. The van der Waals surface area contributed by atoms with Gasteiger partial charge in [0.25, 0.3) is 0 Å². The molecule has 2 fully saturated rings. The number of carbonyl (C=O) groups excluding carboxylic acids is 4. The van der Waals surface area contributed by atoms with Gasteiger partial charge in [-0.25, -0.2) is 9.36 Å². The van der Waals surface area contributed by atoms with Gasteiger partial charge in [0, 0.05) is 86.5 Å². The summed E-state index contributed by atoms with van der Waals surface area (Å²) in [5.41, 5.74) is 5.77. The molecule has 2 aromatic carbocycles. The van der Waals surface area contributed by atoms with E-state index in [9.17, 15) is 34.6 Å². The Bertz CT molecular complexity index is 2500. The minimum Gasteiger partial charge on any atom is -0.444 e. The number of nitrogens with one attached hydrogen (secondary N) is 2. The number of piperazine rings is 1. The van der Waals surface area contributed by atoms with Crippen LogP contribution in [0.1, 0.15) is 112 Å². The van der Waals surface area contributed by atoms with Gasteiger partial charge in [-0.2, -0.15) is 5.26 Å². The highest BCUT2D eigenvalue weighted by Crippen LogP contribution is 2.47. The maximum atomic E-state index is 14.3. The summed E-state index contributed by atoms with van der Waals surface area (Å²) in [6.07, 6.45) is 5.34. The Morgan fingerprint density at radius 1 is 1.08 bits per heavy atom. The molecule has 2 saturated heterocycles. The number of aromatic nitrogens is 3. The monoisotopic (exact) mass is 876 g/mol. The van der Waals surface area contributed by atoms with E-state index in [0.29, 0.717) is 69.7 Å². The van der Waals surface area contributed by atoms with Crippen molar-refractivity contribution in [3.8, 4) is 6.07 Å². The Labute approximate surface area is 373 Å². The van der Waals surface area contributed by atoms with Gasteiger partial charge in [-0.1, -0.05) is 31.8 Å². The number of likely N-dealkylation sites (tertiary alicyclic amines) is 1. The van der Waals surface area contributed by atoms with E-state index in [2.05, 4.69) is 69.0 Å². The van der Waals surface area contributed by atoms with Gasteiger partial charge in [0.05, 0.1) is 29.3 Å². The Morgan fingerprint density at radius 2 is 1.83 bits per heavy atom. The third-order valence-corrected chi connectivity index (χ3v) is 12.9. The van der Waals surface area contributed by atoms with Gasteiger partial charge < -0.3 is 44.8 Å². The molecule has 2 N–H and O–H groups in total. The number of hydrogen-bond acceptors (Lipinski definition) is 11. The predicted octanol–water partition coefficient (Wildman–Crippen LogP) is 5.58. The third-order valence-electron chi connectivity index (χ3n) is 12.9. The van der Waals surface area contributed by atoms with E-state index in [0.717, 1.165) is 58.4 Å². The smallest absolute Gasteiger partial charge is 0.434 e. The maximum Gasteiger partial charge on any atom is 0.434 e. The molecule has 3 aliphatic rings. The number of nitriles is 1. The number of fused-ring (bicyclic) bond motifs is 4. The number of nitro groups is 1. The lowest BCUT2D eigenvalue weighted by Gasteiger charge is -2.39. The van der Waals surface area contributed by atoms with Crippen LogP contribution in [0.4, 0.5) is 16.4 Å². The zero-order chi connectivity index (χ0) is 46.1. The number of carbonyl (C=O) groups is 4. The number of anilines is 1. The summed E-state index contributed by atoms with van der Waals surface area (Å²) in [7, 11) is 1.97. The molecule has 340 valence electrons. The Kier molecular flexibility index (Phi) is 13.2. The maximum absolute atomic E-state index is 14.3. The minimum absolute atomic E-state index is 0.0121. The molecule has 1 aliphatic carbocycles. The molecule has 2 aromatic heterocycles. The average Bonchev–Trinajstić information content (AvgIpc) is 3.99. The quantitative estimate of drug-likeness (QED) is 0.118. The summed E-state index contributed by atoms with van der Waals surface area (Å²) in [5.74, 6) is -0.497. The number of hydrogen-bond donors (Lipinski definition) is 2. The van der Waals surface area contributed by atoms with E-state index in [4.69, 9.17) is 4.74 Å². The van der Waals surface area contributed by atoms with Gasteiger partial charge >= 0.3 is 12.0 Å². The van der Waals surface area contributed by atoms with Crippen molar-refractivity contribution in [2.24, 2.45) is 7.05 Å². The zero-order valence-electron chi connectivity index (χ0n) is 38.0. The van der Waals surface area contributed by atoms with Crippen LogP contribution < -0.4 is 15.5 Å². The highest BCUT2D eigenvalue weighted by atomic mass is 16.6. The average molecular weight is 877 g/mol. The van der Waals surface area contributed by atoms with Crippen molar-refractivity contribution in [2.75, 3.05) is 50.7 Å². The lowest BCUT2D eigenvalue weighted by molar-refractivity contribution is -0.396. The molecule has 17 nitrogen and oxygen atoms in total. The molecular weight excluding hydrogens is 817 g/mol. The van der Waals surface area contributed by atoms with Crippen LogP contribution in [-0.2, 0) is 39.8 Å². The predicted molar refractivity (Wildman–Crippen MR) is 241 cm³/mol. The number of nitrogens with zero attached hydrogens (tertiary/aromatic N) is 8. The van der Waals surface area contributed by atoms with Crippen molar-refractivity contribution in [1.82, 2.24) is 34.6 Å². The topological polar surface area (TPSA) is 201 Å². The van der Waals surface area contributed by atoms with Crippen LogP contribution in [-0.4, -0.2) is 116 Å². The van der Waals surface area contributed by atoms with Crippen molar-refractivity contribution >= 4 is 46.2 Å². The molecule has 0 saturated carbocycles. The summed E-state index contributed by atoms with van der Waals surface area (Å²) < 4.78 is 8.89. The fraction of sp³-hybridized carbons (Fsp3) is 0.532. The minimum atomic E-state index is -0.903. The first-order chi connectivity index (χ1) is 30.4. The Balaban J connectivity index is 0.905. The molecule has 0 spiro atoms. The van der Waals surface area contributed by atoms with E-state index >= 15 is 0 Å². The molecule has 0 unspecified atom stereocenters. The van der Waals surface area contributed by atoms with Gasteiger partial charge in [-0.15, -0.1) is 0 Å². The van der Waals surface area contributed by atoms with E-state index in [1.54, 1.807) is 26.8 Å². The van der Waals surface area contributed by atoms with Crippen LogP contribution in [0.3, 0.4) is 0 Å². The number of ketones is 1. The first kappa shape index (κ1) is 45.7. The van der Waals surface area contributed by atoms with E-state index in [-0.39, 0.29) is 42.6 Å². The fourth-order valence-corrected chi connectivity index (χ4v) is 9.74. The molecule has 2 atom stereocenters. The standard InChI is InChI=1S/C47H60N10O7/c1-8-31-26-34-35(47(5,6)42-40(41(34)59)33-14-13-30(28-48)25-38(33)52(42)7)27-37(31)54-21-23-55(24-22-54)39(58)12-10-17-53-19-15-32(29-53)50-43(60)36(51-45(61)64-46(2,3)4)11-9-18-56-20-16-49-44(56)57(62)63/h13-14,16,20,25-27,32,36H,8-12,15,17-19,21-24,29H2,1-7H3,(H,50,60)(H,51,61)/t32-,36+/m1/s1. The number of ether oxygens (including phenoxy) is 1. The molecule has 0 radical (unpaired) electrons. The SMILES string of the molecule is CCc1cc2c(cc1N1CCN(C(=O)CCCN3CC[C@@H](NC(=O)[C@H](CCCn4ccnc4[N+](=O)[O-])NC(=O)OC(C)(C)C)C3)CC1)C(C)(C)c1c(c3ccc(C#N)cc3n1C)C2=O. The second-order valence-corrected chi connectivity index (χ2v) is 18.7. The van der Waals surface area contributed by atoms with Crippen LogP contribution in [0.2, 0.25) is 0 Å². The second kappa shape index (κ2) is 18.4. The first-order valence-corrected chi connectivity index (χ1v) is 22.4. The van der Waals surface area contributed by atoms with Crippen molar-refractivity contribution in [2.45, 2.75) is 110 Å². The molecule has 2 aliphatic heterocycles. The van der Waals surface area contributed by atoms with Crippen LogP contribution >= 0.6 is 0 Å². The number of benzene rings is 2. The Hall–Kier alpha value is -6.28. The fourth-order valence-electron chi connectivity index (χ4n) is 9.74. The zero-order valence-corrected chi connectivity index (χ0v) is 38.0. The number of alkyl carbamates (subject to hydrolysis) is 1. The van der Waals surface area contributed by atoms with Crippen LogP contribution in [0.25, 0.3) is 10.9 Å². The summed E-state index contributed by atoms with van der Waals surface area (Å²) in [4.78, 5) is 75.0. The lowest BCUT2D eigenvalue weighted by atomic mass is 9.70. The van der Waals surface area contributed by atoms with Crippen molar-refractivity contribution in [3.63, 3.8) is 0 Å². The van der Waals surface area contributed by atoms with Crippen LogP contribution in [0, 0.1) is 21.4 Å². The van der Waals surface area contributed by atoms with Crippen LogP contribution in [0.15, 0.2) is 42.7 Å². The third kappa shape index (κ3) is 9.47. The summed E-state index contributed by atoms with van der Waals surface area (Å²) in [6, 6.07) is 11.0. The van der Waals surface area contributed by atoms with Crippen molar-refractivity contribution in [3.05, 3.63) is 86.4 Å². The van der Waals surface area contributed by atoms with Gasteiger partial charge in [0.2, 0.25) is 11.8 Å². The molecular formula is C47H60N10O7. The van der Waals surface area contributed by atoms with Gasteiger partial charge in [0.1, 0.15) is 24.0 Å². The Morgan fingerprint density at radius 3 is 2.52 bits per heavy atom. The molecule has 0 bridgehead atoms. The normalized spacial score (nSPS) is 17.7. The second-order valence-electron chi connectivity index (χ2n) is 18.7. The highest BCUT2D eigenvalue weighted by Gasteiger charge is 2.42. The number of amides is 3. The van der Waals surface area contributed by atoms with Crippen molar-refractivity contribution < 1.29 is 28.8 Å².